The Bertz CT molecular complexity index is 419. The van der Waals surface area contributed by atoms with E-state index in [4.69, 9.17) is 16.3 Å². The summed E-state index contributed by atoms with van der Waals surface area (Å²) in [5.41, 5.74) is 1.10. The van der Waals surface area contributed by atoms with Crippen LogP contribution in [0.15, 0.2) is 18.2 Å². The van der Waals surface area contributed by atoms with Crippen molar-refractivity contribution < 1.29 is 4.74 Å². The molecule has 1 unspecified atom stereocenters. The van der Waals surface area contributed by atoms with Crippen LogP contribution in [0.25, 0.3) is 0 Å². The van der Waals surface area contributed by atoms with Crippen LogP contribution < -0.4 is 10.1 Å². The summed E-state index contributed by atoms with van der Waals surface area (Å²) in [6.45, 7) is 6.41. The summed E-state index contributed by atoms with van der Waals surface area (Å²) in [4.78, 5) is 2.48. The van der Waals surface area contributed by atoms with Gasteiger partial charge >= 0.3 is 0 Å². The predicted molar refractivity (Wildman–Crippen MR) is 84.6 cm³/mol. The number of ether oxygens (including phenoxy) is 1. The molecule has 0 bridgehead atoms. The first-order chi connectivity index (χ1) is 9.74. The molecule has 1 atom stereocenters. The van der Waals surface area contributed by atoms with E-state index in [9.17, 15) is 0 Å². The summed E-state index contributed by atoms with van der Waals surface area (Å²) in [6, 6.07) is 6.49. The van der Waals surface area contributed by atoms with Crippen LogP contribution >= 0.6 is 11.6 Å². The van der Waals surface area contributed by atoms with Gasteiger partial charge in [0, 0.05) is 29.7 Å². The molecule has 0 radical (unpaired) electrons. The highest BCUT2D eigenvalue weighted by atomic mass is 35.5. The van der Waals surface area contributed by atoms with Crippen molar-refractivity contribution in [1.29, 1.82) is 0 Å². The van der Waals surface area contributed by atoms with Crippen LogP contribution in [0.5, 0.6) is 5.75 Å². The smallest absolute Gasteiger partial charge is 0.124 e. The Morgan fingerprint density at radius 2 is 2.30 bits per heavy atom. The van der Waals surface area contributed by atoms with E-state index < -0.39 is 0 Å². The number of rotatable bonds is 7. The molecule has 0 spiro atoms. The maximum atomic E-state index is 6.35. The highest BCUT2D eigenvalue weighted by Gasteiger charge is 2.19. The molecule has 0 saturated carbocycles. The number of hydrogen-bond donors (Lipinski definition) is 1. The van der Waals surface area contributed by atoms with Crippen LogP contribution in [0.2, 0.25) is 5.02 Å². The van der Waals surface area contributed by atoms with Crippen molar-refractivity contribution in [2.24, 2.45) is 0 Å². The lowest BCUT2D eigenvalue weighted by Gasteiger charge is -2.26. The fourth-order valence-corrected chi connectivity index (χ4v) is 3.11. The van der Waals surface area contributed by atoms with E-state index in [0.29, 0.717) is 6.04 Å². The first kappa shape index (κ1) is 15.6. The third kappa shape index (κ3) is 4.11. The van der Waals surface area contributed by atoms with Gasteiger partial charge in [-0.25, -0.2) is 0 Å². The molecule has 1 aliphatic rings. The molecule has 112 valence electrons. The van der Waals surface area contributed by atoms with Gasteiger partial charge in [-0.1, -0.05) is 24.6 Å². The van der Waals surface area contributed by atoms with E-state index in [1.54, 1.807) is 7.11 Å². The lowest BCUT2D eigenvalue weighted by Crippen LogP contribution is -2.37. The second-order valence-corrected chi connectivity index (χ2v) is 5.86. The summed E-state index contributed by atoms with van der Waals surface area (Å²) in [5.74, 6) is 0.887. The Hall–Kier alpha value is -0.770. The van der Waals surface area contributed by atoms with Crippen molar-refractivity contribution in [3.05, 3.63) is 28.8 Å². The minimum atomic E-state index is 0.620. The van der Waals surface area contributed by atoms with Crippen molar-refractivity contribution in [2.75, 3.05) is 26.7 Å². The van der Waals surface area contributed by atoms with Crippen LogP contribution in [-0.2, 0) is 6.54 Å². The molecule has 1 saturated heterocycles. The molecule has 0 amide bonds. The van der Waals surface area contributed by atoms with Gasteiger partial charge in [0.25, 0.3) is 0 Å². The number of nitrogens with one attached hydrogen (secondary N) is 1. The Morgan fingerprint density at radius 3 is 2.95 bits per heavy atom. The van der Waals surface area contributed by atoms with Gasteiger partial charge in [-0.3, -0.25) is 4.90 Å². The van der Waals surface area contributed by atoms with Crippen molar-refractivity contribution >= 4 is 11.6 Å². The maximum absolute atomic E-state index is 6.35. The molecule has 1 heterocycles. The zero-order valence-electron chi connectivity index (χ0n) is 12.5. The van der Waals surface area contributed by atoms with E-state index in [-0.39, 0.29) is 0 Å². The Balaban J connectivity index is 2.06. The average molecular weight is 297 g/mol. The van der Waals surface area contributed by atoms with E-state index in [1.807, 2.05) is 18.2 Å². The van der Waals surface area contributed by atoms with Gasteiger partial charge in [-0.2, -0.15) is 0 Å². The van der Waals surface area contributed by atoms with Gasteiger partial charge in [-0.05, 0) is 44.5 Å². The van der Waals surface area contributed by atoms with Crippen molar-refractivity contribution in [3.63, 3.8) is 0 Å². The maximum Gasteiger partial charge on any atom is 0.124 e. The van der Waals surface area contributed by atoms with Crippen LogP contribution in [0, 0.1) is 0 Å². The lowest BCUT2D eigenvalue weighted by atomic mass is 10.1. The van der Waals surface area contributed by atoms with Crippen LogP contribution in [0.4, 0.5) is 0 Å². The summed E-state index contributed by atoms with van der Waals surface area (Å²) >= 11 is 6.35. The summed E-state index contributed by atoms with van der Waals surface area (Å²) in [7, 11) is 1.71. The number of halogens is 1. The minimum Gasteiger partial charge on any atom is -0.496 e. The van der Waals surface area contributed by atoms with Gasteiger partial charge < -0.3 is 10.1 Å². The monoisotopic (exact) mass is 296 g/mol. The van der Waals surface area contributed by atoms with E-state index in [0.717, 1.165) is 48.9 Å². The van der Waals surface area contributed by atoms with Gasteiger partial charge in [0.2, 0.25) is 0 Å². The molecule has 20 heavy (non-hydrogen) atoms. The van der Waals surface area contributed by atoms with E-state index in [2.05, 4.69) is 17.1 Å². The third-order valence-corrected chi connectivity index (χ3v) is 4.21. The normalized spacial score (nSPS) is 18.7. The summed E-state index contributed by atoms with van der Waals surface area (Å²) in [6.07, 6.45) is 3.72. The molecule has 1 fully saturated rings. The fraction of sp³-hybridized carbons (Fsp3) is 0.625. The first-order valence-corrected chi connectivity index (χ1v) is 7.89. The van der Waals surface area contributed by atoms with Crippen LogP contribution in [0.3, 0.4) is 0 Å². The summed E-state index contributed by atoms with van der Waals surface area (Å²) in [5, 5.41) is 4.36. The Kier molecular flexibility index (Phi) is 6.14. The standard InChI is InChI=1S/C16H25ClN2O/c1-3-10-19(11-13-6-5-9-18-13)12-14-15(17)7-4-8-16(14)20-2/h4,7-8,13,18H,3,5-6,9-12H2,1-2H3. The lowest BCUT2D eigenvalue weighted by molar-refractivity contribution is 0.238. The van der Waals surface area contributed by atoms with Crippen LogP contribution in [0.1, 0.15) is 31.7 Å². The molecule has 0 aromatic heterocycles. The topological polar surface area (TPSA) is 24.5 Å². The summed E-state index contributed by atoms with van der Waals surface area (Å²) < 4.78 is 5.45. The molecule has 1 aromatic carbocycles. The molecule has 2 rings (SSSR count). The van der Waals surface area contributed by atoms with E-state index in [1.165, 1.54) is 12.8 Å². The molecule has 0 aliphatic carbocycles. The van der Waals surface area contributed by atoms with Crippen LogP contribution in [-0.4, -0.2) is 37.7 Å². The fourth-order valence-electron chi connectivity index (χ4n) is 2.88. The second-order valence-electron chi connectivity index (χ2n) is 5.45. The molecule has 1 aliphatic heterocycles. The molecule has 4 heteroatoms. The zero-order valence-corrected chi connectivity index (χ0v) is 13.2. The predicted octanol–water partition coefficient (Wildman–Crippen LogP) is 3.31. The quantitative estimate of drug-likeness (QED) is 0.835. The van der Waals surface area contributed by atoms with E-state index >= 15 is 0 Å². The molecule has 1 N–H and O–H groups in total. The third-order valence-electron chi connectivity index (χ3n) is 3.86. The van der Waals surface area contributed by atoms with Gasteiger partial charge in [0.1, 0.15) is 5.75 Å². The molecular weight excluding hydrogens is 272 g/mol. The Morgan fingerprint density at radius 1 is 1.45 bits per heavy atom. The zero-order chi connectivity index (χ0) is 14.4. The first-order valence-electron chi connectivity index (χ1n) is 7.51. The number of benzene rings is 1. The van der Waals surface area contributed by atoms with Crippen molar-refractivity contribution in [2.45, 2.75) is 38.8 Å². The van der Waals surface area contributed by atoms with Gasteiger partial charge in [-0.15, -0.1) is 0 Å². The van der Waals surface area contributed by atoms with Gasteiger partial charge in [0.05, 0.1) is 7.11 Å². The number of methoxy groups -OCH3 is 1. The molecule has 3 nitrogen and oxygen atoms in total. The minimum absolute atomic E-state index is 0.620. The number of nitrogens with zero attached hydrogens (tertiary/aromatic N) is 1. The molecular formula is C16H25ClN2O. The SMILES string of the molecule is CCCN(Cc1c(Cl)cccc1OC)CC1CCCN1. The Labute approximate surface area is 127 Å². The highest BCUT2D eigenvalue weighted by molar-refractivity contribution is 6.31. The van der Waals surface area contributed by atoms with Crippen molar-refractivity contribution in [3.8, 4) is 5.75 Å². The van der Waals surface area contributed by atoms with Crippen molar-refractivity contribution in [1.82, 2.24) is 10.2 Å². The largest absolute Gasteiger partial charge is 0.496 e. The highest BCUT2D eigenvalue weighted by Crippen LogP contribution is 2.28. The average Bonchev–Trinajstić information content (AvgIpc) is 2.94. The second kappa shape index (κ2) is 7.87. The number of hydrogen-bond acceptors (Lipinski definition) is 3. The molecule has 1 aromatic rings. The van der Waals surface area contributed by atoms with Gasteiger partial charge in [0.15, 0.2) is 0 Å².